The van der Waals surface area contributed by atoms with E-state index in [1.54, 1.807) is 19.5 Å². The fourth-order valence-electron chi connectivity index (χ4n) is 1.58. The topological polar surface area (TPSA) is 31.4 Å². The van der Waals surface area contributed by atoms with Gasteiger partial charge < -0.3 is 9.47 Å². The summed E-state index contributed by atoms with van der Waals surface area (Å²) in [5.74, 6) is 1.76. The van der Waals surface area contributed by atoms with Crippen LogP contribution in [0.4, 0.5) is 0 Å². The van der Waals surface area contributed by atoms with Gasteiger partial charge in [0.15, 0.2) is 0 Å². The van der Waals surface area contributed by atoms with Crippen molar-refractivity contribution in [1.29, 1.82) is 0 Å². The van der Waals surface area contributed by atoms with Gasteiger partial charge in [0, 0.05) is 19.7 Å². The summed E-state index contributed by atoms with van der Waals surface area (Å²) in [5, 5.41) is 0. The van der Waals surface area contributed by atoms with Crippen molar-refractivity contribution in [3.05, 3.63) is 48.0 Å². The molecular formula is C13H15NO2. The van der Waals surface area contributed by atoms with E-state index in [2.05, 4.69) is 11.1 Å². The molecule has 1 aromatic rings. The van der Waals surface area contributed by atoms with Crippen molar-refractivity contribution in [3.8, 4) is 5.75 Å². The third kappa shape index (κ3) is 2.94. The number of rotatable bonds is 4. The lowest BCUT2D eigenvalue weighted by Crippen LogP contribution is -1.98. The molecule has 0 radical (unpaired) electrons. The Morgan fingerprint density at radius 3 is 3.06 bits per heavy atom. The van der Waals surface area contributed by atoms with Crippen LogP contribution >= 0.6 is 0 Å². The quantitative estimate of drug-likeness (QED) is 0.777. The van der Waals surface area contributed by atoms with Crippen molar-refractivity contribution in [3.63, 3.8) is 0 Å². The zero-order valence-corrected chi connectivity index (χ0v) is 9.35. The molecule has 16 heavy (non-hydrogen) atoms. The molecule has 0 fully saturated rings. The van der Waals surface area contributed by atoms with Crippen LogP contribution in [0, 0.1) is 0 Å². The van der Waals surface area contributed by atoms with Gasteiger partial charge in [-0.3, -0.25) is 4.98 Å². The van der Waals surface area contributed by atoms with Crippen molar-refractivity contribution < 1.29 is 9.47 Å². The van der Waals surface area contributed by atoms with Gasteiger partial charge in [-0.15, -0.1) is 0 Å². The molecule has 0 unspecified atom stereocenters. The maximum absolute atomic E-state index is 5.73. The average molecular weight is 217 g/mol. The van der Waals surface area contributed by atoms with Crippen molar-refractivity contribution in [2.45, 2.75) is 19.4 Å². The van der Waals surface area contributed by atoms with Gasteiger partial charge in [0.05, 0.1) is 12.8 Å². The van der Waals surface area contributed by atoms with Crippen LogP contribution in [0.25, 0.3) is 0 Å². The fourth-order valence-corrected chi connectivity index (χ4v) is 1.58. The SMILES string of the molecule is COCc1cncc(OC2=CC=CCC2)c1. The Labute approximate surface area is 95.4 Å². The molecule has 0 saturated heterocycles. The summed E-state index contributed by atoms with van der Waals surface area (Å²) in [7, 11) is 1.67. The molecule has 0 saturated carbocycles. The van der Waals surface area contributed by atoms with Crippen LogP contribution in [0.3, 0.4) is 0 Å². The van der Waals surface area contributed by atoms with Crippen molar-refractivity contribution >= 4 is 0 Å². The molecule has 0 spiro atoms. The number of hydrogen-bond acceptors (Lipinski definition) is 3. The normalized spacial score (nSPS) is 14.7. The first kappa shape index (κ1) is 10.9. The minimum absolute atomic E-state index is 0.559. The zero-order chi connectivity index (χ0) is 11.2. The second kappa shape index (κ2) is 5.47. The third-order valence-corrected chi connectivity index (χ3v) is 2.31. The van der Waals surface area contributed by atoms with E-state index in [9.17, 15) is 0 Å². The van der Waals surface area contributed by atoms with Gasteiger partial charge >= 0.3 is 0 Å². The van der Waals surface area contributed by atoms with E-state index >= 15 is 0 Å². The van der Waals surface area contributed by atoms with Crippen molar-refractivity contribution in [1.82, 2.24) is 4.98 Å². The second-order valence-corrected chi connectivity index (χ2v) is 3.66. The highest BCUT2D eigenvalue weighted by molar-refractivity contribution is 5.26. The highest BCUT2D eigenvalue weighted by Gasteiger charge is 2.03. The van der Waals surface area contributed by atoms with Gasteiger partial charge in [-0.1, -0.05) is 12.2 Å². The van der Waals surface area contributed by atoms with E-state index in [1.165, 1.54) is 0 Å². The molecule has 0 amide bonds. The molecule has 84 valence electrons. The monoisotopic (exact) mass is 217 g/mol. The molecular weight excluding hydrogens is 202 g/mol. The lowest BCUT2D eigenvalue weighted by molar-refractivity contribution is 0.184. The summed E-state index contributed by atoms with van der Waals surface area (Å²) in [5.41, 5.74) is 1.02. The smallest absolute Gasteiger partial charge is 0.145 e. The molecule has 0 aromatic carbocycles. The molecule has 1 heterocycles. The van der Waals surface area contributed by atoms with E-state index in [-0.39, 0.29) is 0 Å². The molecule has 1 aliphatic carbocycles. The maximum atomic E-state index is 5.73. The first-order valence-electron chi connectivity index (χ1n) is 5.35. The first-order chi connectivity index (χ1) is 7.88. The number of allylic oxidation sites excluding steroid dienone is 4. The summed E-state index contributed by atoms with van der Waals surface area (Å²) < 4.78 is 10.8. The Hall–Kier alpha value is -1.61. The molecule has 2 rings (SSSR count). The lowest BCUT2D eigenvalue weighted by Gasteiger charge is -2.11. The van der Waals surface area contributed by atoms with Gasteiger partial charge in [0.1, 0.15) is 11.5 Å². The summed E-state index contributed by atoms with van der Waals surface area (Å²) in [6.07, 6.45) is 11.6. The average Bonchev–Trinajstić information content (AvgIpc) is 2.31. The van der Waals surface area contributed by atoms with Crippen LogP contribution in [0.5, 0.6) is 5.75 Å². The number of aromatic nitrogens is 1. The first-order valence-corrected chi connectivity index (χ1v) is 5.35. The molecule has 3 heteroatoms. The third-order valence-electron chi connectivity index (χ3n) is 2.31. The molecule has 1 aromatic heterocycles. The van der Waals surface area contributed by atoms with E-state index in [0.29, 0.717) is 6.61 Å². The second-order valence-electron chi connectivity index (χ2n) is 3.66. The Morgan fingerprint density at radius 2 is 2.31 bits per heavy atom. The standard InChI is InChI=1S/C13H15NO2/c1-15-10-11-7-13(9-14-8-11)16-12-5-3-2-4-6-12/h2-3,5,7-9H,4,6,10H2,1H3. The van der Waals surface area contributed by atoms with E-state index < -0.39 is 0 Å². The number of ether oxygens (including phenoxy) is 2. The summed E-state index contributed by atoms with van der Waals surface area (Å²) in [6, 6.07) is 1.95. The van der Waals surface area contributed by atoms with Gasteiger partial charge in [0.25, 0.3) is 0 Å². The molecule has 0 aliphatic heterocycles. The van der Waals surface area contributed by atoms with E-state index in [0.717, 1.165) is 29.9 Å². The zero-order valence-electron chi connectivity index (χ0n) is 9.35. The molecule has 3 nitrogen and oxygen atoms in total. The lowest BCUT2D eigenvalue weighted by atomic mass is 10.2. The number of methoxy groups -OCH3 is 1. The number of nitrogens with zero attached hydrogens (tertiary/aromatic N) is 1. The fraction of sp³-hybridized carbons (Fsp3) is 0.308. The van der Waals surface area contributed by atoms with Crippen LogP contribution in [0.1, 0.15) is 18.4 Å². The predicted octanol–water partition coefficient (Wildman–Crippen LogP) is 2.84. The Morgan fingerprint density at radius 1 is 1.38 bits per heavy atom. The van der Waals surface area contributed by atoms with Gasteiger partial charge in [-0.2, -0.15) is 0 Å². The van der Waals surface area contributed by atoms with Gasteiger partial charge in [-0.25, -0.2) is 0 Å². The van der Waals surface area contributed by atoms with Crippen LogP contribution < -0.4 is 4.74 Å². The number of hydrogen-bond donors (Lipinski definition) is 0. The Bertz CT molecular complexity index is 410. The summed E-state index contributed by atoms with van der Waals surface area (Å²) in [4.78, 5) is 4.12. The predicted molar refractivity (Wildman–Crippen MR) is 62.0 cm³/mol. The largest absolute Gasteiger partial charge is 0.460 e. The van der Waals surface area contributed by atoms with E-state index in [4.69, 9.17) is 9.47 Å². The highest BCUT2D eigenvalue weighted by Crippen LogP contribution is 2.19. The van der Waals surface area contributed by atoms with Gasteiger partial charge in [0.2, 0.25) is 0 Å². The van der Waals surface area contributed by atoms with Gasteiger partial charge in [-0.05, 0) is 24.1 Å². The molecule has 0 bridgehead atoms. The van der Waals surface area contributed by atoms with Crippen molar-refractivity contribution in [2.24, 2.45) is 0 Å². The number of pyridine rings is 1. The minimum atomic E-state index is 0.559. The minimum Gasteiger partial charge on any atom is -0.460 e. The Balaban J connectivity index is 2.06. The molecule has 0 atom stereocenters. The van der Waals surface area contributed by atoms with E-state index in [1.807, 2.05) is 18.2 Å². The van der Waals surface area contributed by atoms with Crippen molar-refractivity contribution in [2.75, 3.05) is 7.11 Å². The summed E-state index contributed by atoms with van der Waals surface area (Å²) >= 11 is 0. The van der Waals surface area contributed by atoms with Crippen LogP contribution in [0.15, 0.2) is 42.4 Å². The summed E-state index contributed by atoms with van der Waals surface area (Å²) in [6.45, 7) is 0.559. The van der Waals surface area contributed by atoms with Crippen LogP contribution in [-0.4, -0.2) is 12.1 Å². The molecule has 0 N–H and O–H groups in total. The van der Waals surface area contributed by atoms with Crippen LogP contribution in [-0.2, 0) is 11.3 Å². The maximum Gasteiger partial charge on any atom is 0.145 e. The highest BCUT2D eigenvalue weighted by atomic mass is 16.5. The molecule has 1 aliphatic rings. The Kier molecular flexibility index (Phi) is 3.72. The van der Waals surface area contributed by atoms with Crippen LogP contribution in [0.2, 0.25) is 0 Å².